The van der Waals surface area contributed by atoms with E-state index in [4.69, 9.17) is 5.73 Å². The van der Waals surface area contributed by atoms with Crippen LogP contribution < -0.4 is 5.73 Å². The molecule has 0 aromatic carbocycles. The van der Waals surface area contributed by atoms with E-state index in [0.717, 1.165) is 19.3 Å². The summed E-state index contributed by atoms with van der Waals surface area (Å²) in [6, 6.07) is -1.10. The Morgan fingerprint density at radius 3 is 1.89 bits per heavy atom. The van der Waals surface area contributed by atoms with Crippen molar-refractivity contribution >= 4 is 11.8 Å². The van der Waals surface area contributed by atoms with Crippen LogP contribution in [0.15, 0.2) is 0 Å². The first-order valence-corrected chi connectivity index (χ1v) is 7.49. The summed E-state index contributed by atoms with van der Waals surface area (Å²) < 4.78 is 4.44. The molecule has 112 valence electrons. The van der Waals surface area contributed by atoms with Crippen molar-refractivity contribution in [1.29, 1.82) is 0 Å². The summed E-state index contributed by atoms with van der Waals surface area (Å²) in [5, 5.41) is 0. The molecule has 4 nitrogen and oxygen atoms in total. The highest BCUT2D eigenvalue weighted by Crippen LogP contribution is 2.11. The standard InChI is InChI=1S/C15H29NO3/c1-3-4-5-6-7-8-9-10-11-12-13(17)14(16)15(18)19-2/h14H,3-12,16H2,1-2H3. The molecule has 1 unspecified atom stereocenters. The van der Waals surface area contributed by atoms with Gasteiger partial charge < -0.3 is 10.5 Å². The van der Waals surface area contributed by atoms with Crippen LogP contribution in [0, 0.1) is 0 Å². The monoisotopic (exact) mass is 271 g/mol. The Hall–Kier alpha value is -0.900. The van der Waals surface area contributed by atoms with E-state index in [1.807, 2.05) is 0 Å². The minimum Gasteiger partial charge on any atom is -0.468 e. The molecule has 0 saturated heterocycles. The molecule has 0 saturated carbocycles. The lowest BCUT2D eigenvalue weighted by Gasteiger charge is -2.07. The third-order valence-corrected chi connectivity index (χ3v) is 3.33. The molecule has 0 aromatic heterocycles. The van der Waals surface area contributed by atoms with Gasteiger partial charge in [0.05, 0.1) is 7.11 Å². The molecule has 0 aliphatic rings. The van der Waals surface area contributed by atoms with Crippen LogP contribution in [0.2, 0.25) is 0 Å². The fraction of sp³-hybridized carbons (Fsp3) is 0.867. The second-order valence-corrected chi connectivity index (χ2v) is 5.05. The summed E-state index contributed by atoms with van der Waals surface area (Å²) in [4.78, 5) is 22.6. The Bertz CT molecular complexity index is 254. The van der Waals surface area contributed by atoms with E-state index in [1.165, 1.54) is 45.6 Å². The van der Waals surface area contributed by atoms with Crippen LogP contribution in [0.3, 0.4) is 0 Å². The van der Waals surface area contributed by atoms with Gasteiger partial charge in [-0.3, -0.25) is 4.79 Å². The highest BCUT2D eigenvalue weighted by Gasteiger charge is 2.21. The summed E-state index contributed by atoms with van der Waals surface area (Å²) in [7, 11) is 1.24. The molecule has 0 rings (SSSR count). The van der Waals surface area contributed by atoms with Crippen LogP contribution in [-0.2, 0) is 14.3 Å². The largest absolute Gasteiger partial charge is 0.468 e. The zero-order chi connectivity index (χ0) is 14.5. The number of hydrogen-bond acceptors (Lipinski definition) is 4. The minimum atomic E-state index is -1.10. The molecule has 0 bridgehead atoms. The Morgan fingerprint density at radius 2 is 1.42 bits per heavy atom. The SMILES string of the molecule is CCCCCCCCCCCC(=O)C(N)C(=O)OC. The average molecular weight is 271 g/mol. The van der Waals surface area contributed by atoms with Crippen LogP contribution in [0.5, 0.6) is 0 Å². The van der Waals surface area contributed by atoms with Gasteiger partial charge in [-0.15, -0.1) is 0 Å². The van der Waals surface area contributed by atoms with E-state index in [9.17, 15) is 9.59 Å². The molecule has 0 fully saturated rings. The maximum atomic E-state index is 11.5. The molecule has 0 aliphatic heterocycles. The second-order valence-electron chi connectivity index (χ2n) is 5.05. The highest BCUT2D eigenvalue weighted by molar-refractivity contribution is 6.02. The van der Waals surface area contributed by atoms with Gasteiger partial charge in [-0.25, -0.2) is 4.79 Å². The zero-order valence-electron chi connectivity index (χ0n) is 12.5. The van der Waals surface area contributed by atoms with Gasteiger partial charge in [0.15, 0.2) is 11.8 Å². The lowest BCUT2D eigenvalue weighted by atomic mass is 10.0. The third kappa shape index (κ3) is 9.65. The quantitative estimate of drug-likeness (QED) is 0.336. The van der Waals surface area contributed by atoms with Crippen LogP contribution in [0.4, 0.5) is 0 Å². The molecule has 1 atom stereocenters. The van der Waals surface area contributed by atoms with E-state index in [0.29, 0.717) is 6.42 Å². The van der Waals surface area contributed by atoms with Gasteiger partial charge in [0.25, 0.3) is 0 Å². The van der Waals surface area contributed by atoms with E-state index < -0.39 is 12.0 Å². The number of carbonyl (C=O) groups is 2. The normalized spacial score (nSPS) is 12.2. The maximum absolute atomic E-state index is 11.5. The predicted octanol–water partition coefficient (Wildman–Crippen LogP) is 2.98. The Labute approximate surface area is 117 Å². The summed E-state index contributed by atoms with van der Waals surface area (Å²) in [5.41, 5.74) is 5.46. The molecule has 0 radical (unpaired) electrons. The summed E-state index contributed by atoms with van der Waals surface area (Å²) in [6.45, 7) is 2.22. The van der Waals surface area contributed by atoms with E-state index in [1.54, 1.807) is 0 Å². The zero-order valence-corrected chi connectivity index (χ0v) is 12.5. The van der Waals surface area contributed by atoms with Crippen LogP contribution in [0.25, 0.3) is 0 Å². The first-order valence-electron chi connectivity index (χ1n) is 7.49. The number of ether oxygens (including phenoxy) is 1. The fourth-order valence-corrected chi connectivity index (χ4v) is 2.02. The van der Waals surface area contributed by atoms with Gasteiger partial charge in [0.2, 0.25) is 0 Å². The Kier molecular flexibility index (Phi) is 11.6. The number of carbonyl (C=O) groups excluding carboxylic acids is 2. The molecule has 0 spiro atoms. The number of unbranched alkanes of at least 4 members (excludes halogenated alkanes) is 8. The number of esters is 1. The van der Waals surface area contributed by atoms with Gasteiger partial charge in [0.1, 0.15) is 0 Å². The minimum absolute atomic E-state index is 0.213. The van der Waals surface area contributed by atoms with Crippen molar-refractivity contribution in [3.8, 4) is 0 Å². The summed E-state index contributed by atoms with van der Waals surface area (Å²) in [5.74, 6) is -0.851. The van der Waals surface area contributed by atoms with Crippen LogP contribution in [0.1, 0.15) is 71.1 Å². The molecule has 0 heterocycles. The Morgan fingerprint density at radius 1 is 0.947 bits per heavy atom. The van der Waals surface area contributed by atoms with Gasteiger partial charge in [-0.1, -0.05) is 58.3 Å². The summed E-state index contributed by atoms with van der Waals surface area (Å²) >= 11 is 0. The topological polar surface area (TPSA) is 69.4 Å². The van der Waals surface area contributed by atoms with Crippen LogP contribution in [-0.4, -0.2) is 24.9 Å². The molecular formula is C15H29NO3. The maximum Gasteiger partial charge on any atom is 0.330 e. The van der Waals surface area contributed by atoms with Gasteiger partial charge in [0, 0.05) is 6.42 Å². The van der Waals surface area contributed by atoms with E-state index in [2.05, 4.69) is 11.7 Å². The molecule has 0 aliphatic carbocycles. The first kappa shape index (κ1) is 18.1. The lowest BCUT2D eigenvalue weighted by molar-refractivity contribution is -0.145. The number of methoxy groups -OCH3 is 1. The van der Waals surface area contributed by atoms with Crippen molar-refractivity contribution in [2.75, 3.05) is 7.11 Å². The van der Waals surface area contributed by atoms with Gasteiger partial charge >= 0.3 is 5.97 Å². The fourth-order valence-electron chi connectivity index (χ4n) is 2.02. The predicted molar refractivity (Wildman–Crippen MR) is 76.8 cm³/mol. The van der Waals surface area contributed by atoms with Crippen LogP contribution >= 0.6 is 0 Å². The van der Waals surface area contributed by atoms with Crippen molar-refractivity contribution in [2.45, 2.75) is 77.2 Å². The second kappa shape index (κ2) is 12.2. The number of ketones is 1. The lowest BCUT2D eigenvalue weighted by Crippen LogP contribution is -2.39. The van der Waals surface area contributed by atoms with Crippen molar-refractivity contribution in [3.63, 3.8) is 0 Å². The van der Waals surface area contributed by atoms with Crippen molar-refractivity contribution in [3.05, 3.63) is 0 Å². The summed E-state index contributed by atoms with van der Waals surface area (Å²) in [6.07, 6.45) is 11.2. The van der Waals surface area contributed by atoms with Gasteiger partial charge in [-0.2, -0.15) is 0 Å². The molecule has 2 N–H and O–H groups in total. The third-order valence-electron chi connectivity index (χ3n) is 3.33. The number of Topliss-reactive ketones (excluding diaryl/α,β-unsaturated/α-hetero) is 1. The molecule has 4 heteroatoms. The van der Waals surface area contributed by atoms with E-state index in [-0.39, 0.29) is 5.78 Å². The smallest absolute Gasteiger partial charge is 0.330 e. The number of nitrogens with two attached hydrogens (primary N) is 1. The van der Waals surface area contributed by atoms with Gasteiger partial charge in [-0.05, 0) is 6.42 Å². The highest BCUT2D eigenvalue weighted by atomic mass is 16.5. The van der Waals surface area contributed by atoms with Crippen molar-refractivity contribution in [1.82, 2.24) is 0 Å². The van der Waals surface area contributed by atoms with Crippen molar-refractivity contribution in [2.24, 2.45) is 5.73 Å². The van der Waals surface area contributed by atoms with E-state index >= 15 is 0 Å². The molecule has 0 aromatic rings. The first-order chi connectivity index (χ1) is 9.13. The van der Waals surface area contributed by atoms with Crippen molar-refractivity contribution < 1.29 is 14.3 Å². The average Bonchev–Trinajstić information content (AvgIpc) is 2.43. The molecule has 19 heavy (non-hydrogen) atoms. The Balaban J connectivity index is 3.39. The molecule has 0 amide bonds. The number of rotatable bonds is 12. The molecular weight excluding hydrogens is 242 g/mol. The number of hydrogen-bond donors (Lipinski definition) is 1.